The topological polar surface area (TPSA) is 167 Å². The third-order valence-corrected chi connectivity index (χ3v) is 0. The molecule has 0 aromatic rings. The van der Waals surface area contributed by atoms with Gasteiger partial charge in [0.15, 0.2) is 0 Å². The maximum absolute atomic E-state index is 8.82. The molecule has 0 bridgehead atoms. The van der Waals surface area contributed by atoms with Gasteiger partial charge in [-0.15, -0.1) is 0 Å². The Labute approximate surface area is 172 Å². The normalized spacial score (nSPS) is 8.43. The SMILES string of the molecule is [Na+].[Na+].[Na+].[Na+].[O-][Si]([O-])([O-])[O-].[O]=[Cr](=[O])([OH])[OH]. The molecule has 0 fully saturated rings. The maximum atomic E-state index is 8.82. The Bertz CT molecular complexity index is 156. The molecule has 0 saturated heterocycles. The number of hydrogen-bond acceptors (Lipinski definition) is 6. The van der Waals surface area contributed by atoms with E-state index in [0.717, 1.165) is 0 Å². The summed E-state index contributed by atoms with van der Waals surface area (Å²) < 4.78 is 31.9. The molecule has 14 heavy (non-hydrogen) atoms. The molecule has 64 valence electrons. The van der Waals surface area contributed by atoms with Gasteiger partial charge in [-0.3, -0.25) is 0 Å². The van der Waals surface area contributed by atoms with E-state index in [1.807, 2.05) is 0 Å². The van der Waals surface area contributed by atoms with E-state index in [1.54, 1.807) is 0 Å². The second-order valence-corrected chi connectivity index (χ2v) is 3.35. The van der Waals surface area contributed by atoms with Crippen molar-refractivity contribution in [3.05, 3.63) is 0 Å². The van der Waals surface area contributed by atoms with Crippen molar-refractivity contribution < 1.29 is 167 Å². The fraction of sp³-hybridized carbons (Fsp3) is 0. The molecule has 0 radical (unpaired) electrons. The Morgan fingerprint density at radius 3 is 0.786 bits per heavy atom. The second-order valence-electron chi connectivity index (χ2n) is 0.948. The molecule has 0 unspecified atom stereocenters. The molecule has 14 heteroatoms. The molecule has 0 aromatic carbocycles. The van der Waals surface area contributed by atoms with Crippen molar-refractivity contribution in [1.82, 2.24) is 0 Å². The molecule has 8 nitrogen and oxygen atoms in total. The first-order chi connectivity index (χ1) is 4.00. The summed E-state index contributed by atoms with van der Waals surface area (Å²) in [6, 6.07) is 0. The van der Waals surface area contributed by atoms with Gasteiger partial charge in [-0.1, -0.05) is 0 Å². The molecule has 0 aliphatic heterocycles. The average Bonchev–Trinajstić information content (AvgIpc) is 1.12. The van der Waals surface area contributed by atoms with Gasteiger partial charge in [-0.05, 0) is 0 Å². The minimum absolute atomic E-state index is 0. The molecular formula is H2CrNa4O8Si. The quantitative estimate of drug-likeness (QED) is 0.416. The van der Waals surface area contributed by atoms with Gasteiger partial charge < -0.3 is 28.2 Å². The third kappa shape index (κ3) is 218. The van der Waals surface area contributed by atoms with Crippen LogP contribution in [0.25, 0.3) is 0 Å². The molecule has 0 amide bonds. The molecule has 0 spiro atoms. The second kappa shape index (κ2) is 17.1. The van der Waals surface area contributed by atoms with E-state index >= 15 is 0 Å². The Morgan fingerprint density at radius 1 is 0.786 bits per heavy atom. The molecule has 0 aliphatic rings. The van der Waals surface area contributed by atoms with Gasteiger partial charge in [0.05, 0.1) is 0 Å². The summed E-state index contributed by atoms with van der Waals surface area (Å²) in [4.78, 5) is 34.3. The fourth-order valence-electron chi connectivity index (χ4n) is 0. The van der Waals surface area contributed by atoms with E-state index < -0.39 is 22.7 Å². The fourth-order valence-corrected chi connectivity index (χ4v) is 0. The third-order valence-electron chi connectivity index (χ3n) is 0. The van der Waals surface area contributed by atoms with Crippen LogP contribution in [0.5, 0.6) is 0 Å². The van der Waals surface area contributed by atoms with Gasteiger partial charge in [0.1, 0.15) is 0 Å². The zero-order valence-corrected chi connectivity index (χ0v) is 18.5. The molecule has 0 rings (SSSR count). The molecular weight excluding hydrogens is 300 g/mol. The zero-order chi connectivity index (χ0) is 9.00. The van der Waals surface area contributed by atoms with Crippen LogP contribution in [0.1, 0.15) is 0 Å². The van der Waals surface area contributed by atoms with E-state index in [9.17, 15) is 0 Å². The van der Waals surface area contributed by atoms with Crippen LogP contribution in [-0.4, -0.2) is 17.4 Å². The molecule has 0 aliphatic carbocycles. The monoisotopic (exact) mass is 302 g/mol. The van der Waals surface area contributed by atoms with Crippen molar-refractivity contribution >= 4 is 9.05 Å². The minimum atomic E-state index is -5.61. The van der Waals surface area contributed by atoms with Crippen LogP contribution < -0.4 is 137 Å². The predicted molar refractivity (Wildman–Crippen MR) is 11.6 cm³/mol. The van der Waals surface area contributed by atoms with Gasteiger partial charge in [0.2, 0.25) is 0 Å². The van der Waals surface area contributed by atoms with Crippen LogP contribution in [0.4, 0.5) is 0 Å². The van der Waals surface area contributed by atoms with Crippen LogP contribution in [0.15, 0.2) is 0 Å². The van der Waals surface area contributed by atoms with Crippen molar-refractivity contribution in [2.24, 2.45) is 0 Å². The summed E-state index contributed by atoms with van der Waals surface area (Å²) in [6.45, 7) is 0. The van der Waals surface area contributed by atoms with Crippen molar-refractivity contribution in [2.45, 2.75) is 0 Å². The standard InChI is InChI=1S/Cr.4Na.O4Si.2H2O.2O/c;;;;;1-5(2,3)4;;;;/h;;;;;;2*1H2;;/q+2;4*+1;-4;;;;/p-2. The average molecular weight is 302 g/mol. The van der Waals surface area contributed by atoms with Gasteiger partial charge >= 0.3 is 148 Å². The van der Waals surface area contributed by atoms with Crippen LogP contribution in [-0.2, 0) is 21.2 Å². The summed E-state index contributed by atoms with van der Waals surface area (Å²) in [6.07, 6.45) is 0. The summed E-state index contributed by atoms with van der Waals surface area (Å²) in [5.74, 6) is 0. The van der Waals surface area contributed by atoms with E-state index in [-0.39, 0.29) is 118 Å². The van der Waals surface area contributed by atoms with Gasteiger partial charge in [-0.25, -0.2) is 0 Å². The number of rotatable bonds is 0. The Balaban J connectivity index is -0.0000000178. The van der Waals surface area contributed by atoms with Crippen molar-refractivity contribution in [3.8, 4) is 0 Å². The first-order valence-corrected chi connectivity index (χ1v) is 5.33. The van der Waals surface area contributed by atoms with E-state index in [4.69, 9.17) is 35.1 Å². The molecule has 0 saturated carbocycles. The van der Waals surface area contributed by atoms with Crippen LogP contribution in [0.3, 0.4) is 0 Å². The molecule has 0 heterocycles. The van der Waals surface area contributed by atoms with Gasteiger partial charge in [0.25, 0.3) is 0 Å². The van der Waals surface area contributed by atoms with Crippen molar-refractivity contribution in [3.63, 3.8) is 0 Å². The van der Waals surface area contributed by atoms with Crippen LogP contribution in [0.2, 0.25) is 0 Å². The Kier molecular flexibility index (Phi) is 44.2. The predicted octanol–water partition coefficient (Wildman–Crippen LogP) is -18.5. The Morgan fingerprint density at radius 2 is 0.786 bits per heavy atom. The molecule has 0 atom stereocenters. The van der Waals surface area contributed by atoms with Gasteiger partial charge in [0, 0.05) is 0 Å². The van der Waals surface area contributed by atoms with Crippen molar-refractivity contribution in [1.29, 1.82) is 0 Å². The summed E-state index contributed by atoms with van der Waals surface area (Å²) >= 11 is -5.25. The summed E-state index contributed by atoms with van der Waals surface area (Å²) in [5.41, 5.74) is 0. The first kappa shape index (κ1) is 36.2. The van der Waals surface area contributed by atoms with Gasteiger partial charge in [-0.2, -0.15) is 0 Å². The molecule has 2 N–H and O–H groups in total. The van der Waals surface area contributed by atoms with E-state index in [0.29, 0.717) is 0 Å². The van der Waals surface area contributed by atoms with Crippen LogP contribution >= 0.6 is 0 Å². The van der Waals surface area contributed by atoms with Crippen LogP contribution in [0, 0.1) is 0 Å². The van der Waals surface area contributed by atoms with Crippen molar-refractivity contribution in [2.75, 3.05) is 0 Å². The summed E-state index contributed by atoms with van der Waals surface area (Å²) in [7, 11) is -5.61. The number of hydrogen-bond donors (Lipinski definition) is 2. The Hall–Kier alpha value is 4.11. The molecule has 0 aromatic heterocycles. The zero-order valence-electron chi connectivity index (χ0n) is 8.25. The summed E-state index contributed by atoms with van der Waals surface area (Å²) in [5, 5.41) is 0. The van der Waals surface area contributed by atoms with E-state index in [1.165, 1.54) is 0 Å². The van der Waals surface area contributed by atoms with E-state index in [2.05, 4.69) is 0 Å². The first-order valence-electron chi connectivity index (χ1n) is 1.51.